The molecule has 2 aliphatic rings. The molecule has 1 saturated heterocycles. The molecule has 4 heterocycles. The van der Waals surface area contributed by atoms with Gasteiger partial charge in [0.25, 0.3) is 5.91 Å². The third kappa shape index (κ3) is 3.77. The predicted octanol–water partition coefficient (Wildman–Crippen LogP) is 1.96. The first-order valence-corrected chi connectivity index (χ1v) is 10.5. The largest absolute Gasteiger partial charge is 0.341 e. The second-order valence-corrected chi connectivity index (χ2v) is 8.05. The molecule has 0 atom stereocenters. The van der Waals surface area contributed by atoms with Gasteiger partial charge in [-0.15, -0.1) is 0 Å². The van der Waals surface area contributed by atoms with E-state index in [0.717, 1.165) is 37.0 Å². The molecule has 0 N–H and O–H groups in total. The lowest BCUT2D eigenvalue weighted by Crippen LogP contribution is -2.38. The number of imidazole rings is 1. The van der Waals surface area contributed by atoms with E-state index in [4.69, 9.17) is 0 Å². The Morgan fingerprint density at radius 2 is 1.87 bits per heavy atom. The molecule has 0 unspecified atom stereocenters. The first kappa shape index (κ1) is 18.7. The fourth-order valence-corrected chi connectivity index (χ4v) is 3.98. The Morgan fingerprint density at radius 3 is 2.67 bits per heavy atom. The van der Waals surface area contributed by atoms with Gasteiger partial charge in [-0.05, 0) is 37.0 Å². The van der Waals surface area contributed by atoms with Crippen LogP contribution in [0.4, 0.5) is 0 Å². The van der Waals surface area contributed by atoms with E-state index in [-0.39, 0.29) is 17.7 Å². The van der Waals surface area contributed by atoms with Gasteiger partial charge in [-0.3, -0.25) is 14.6 Å². The van der Waals surface area contributed by atoms with Crippen LogP contribution in [-0.2, 0) is 11.3 Å². The minimum Gasteiger partial charge on any atom is -0.341 e. The van der Waals surface area contributed by atoms with Crippen LogP contribution in [-0.4, -0.2) is 67.3 Å². The Bertz CT molecular complexity index is 1080. The summed E-state index contributed by atoms with van der Waals surface area (Å²) in [6.45, 7) is 3.18. The second kappa shape index (κ2) is 7.85. The molecular formula is C22H24N6O2. The quantitative estimate of drug-likeness (QED) is 0.664. The number of carbonyl (C=O) groups is 2. The van der Waals surface area contributed by atoms with Crippen molar-refractivity contribution >= 4 is 23.0 Å². The Labute approximate surface area is 174 Å². The fourth-order valence-electron chi connectivity index (χ4n) is 3.98. The Balaban J connectivity index is 1.29. The van der Waals surface area contributed by atoms with E-state index in [1.165, 1.54) is 0 Å². The van der Waals surface area contributed by atoms with Crippen molar-refractivity contribution in [3.63, 3.8) is 0 Å². The maximum Gasteiger partial charge on any atom is 0.255 e. The van der Waals surface area contributed by atoms with Crippen LogP contribution in [0.3, 0.4) is 0 Å². The highest BCUT2D eigenvalue weighted by Gasteiger charge is 2.34. The molecule has 8 nitrogen and oxygen atoms in total. The summed E-state index contributed by atoms with van der Waals surface area (Å²) in [5.74, 6) is 0.430. The summed E-state index contributed by atoms with van der Waals surface area (Å²) in [4.78, 5) is 42.2. The number of hydrogen-bond donors (Lipinski definition) is 0. The first-order chi connectivity index (χ1) is 14.7. The van der Waals surface area contributed by atoms with E-state index in [2.05, 4.69) is 15.0 Å². The maximum absolute atomic E-state index is 13.1. The van der Waals surface area contributed by atoms with Crippen LogP contribution in [0.5, 0.6) is 0 Å². The smallest absolute Gasteiger partial charge is 0.255 e. The zero-order chi connectivity index (χ0) is 20.5. The summed E-state index contributed by atoms with van der Waals surface area (Å²) >= 11 is 0. The average molecular weight is 404 g/mol. The molecule has 8 heteroatoms. The Morgan fingerprint density at radius 1 is 1.03 bits per heavy atom. The zero-order valence-electron chi connectivity index (χ0n) is 16.8. The molecule has 0 aromatic carbocycles. The van der Waals surface area contributed by atoms with Crippen molar-refractivity contribution in [1.29, 1.82) is 0 Å². The highest BCUT2D eigenvalue weighted by Crippen LogP contribution is 2.31. The lowest BCUT2D eigenvalue weighted by molar-refractivity contribution is -0.132. The molecule has 1 aliphatic carbocycles. The predicted molar refractivity (Wildman–Crippen MR) is 111 cm³/mol. The van der Waals surface area contributed by atoms with Gasteiger partial charge < -0.3 is 14.4 Å². The van der Waals surface area contributed by atoms with Gasteiger partial charge in [0.1, 0.15) is 5.52 Å². The summed E-state index contributed by atoms with van der Waals surface area (Å²) in [5.41, 5.74) is 3.04. The Hall–Kier alpha value is -3.29. The van der Waals surface area contributed by atoms with E-state index < -0.39 is 0 Å². The monoisotopic (exact) mass is 404 g/mol. The third-order valence-corrected chi connectivity index (χ3v) is 5.80. The fraction of sp³-hybridized carbons (Fsp3) is 0.409. The number of rotatable bonds is 4. The molecule has 2 amide bonds. The average Bonchev–Trinajstić information content (AvgIpc) is 3.59. The van der Waals surface area contributed by atoms with Crippen LogP contribution in [0.15, 0.2) is 43.1 Å². The number of nitrogens with zero attached hydrogens (tertiary/aromatic N) is 6. The number of carbonyl (C=O) groups excluding carboxylic acids is 2. The molecule has 1 aliphatic heterocycles. The molecule has 2 fully saturated rings. The number of hydrogen-bond acceptors (Lipinski definition) is 5. The molecule has 0 bridgehead atoms. The van der Waals surface area contributed by atoms with E-state index in [0.29, 0.717) is 37.3 Å². The number of amides is 2. The van der Waals surface area contributed by atoms with Gasteiger partial charge >= 0.3 is 0 Å². The summed E-state index contributed by atoms with van der Waals surface area (Å²) in [7, 11) is 0. The summed E-state index contributed by atoms with van der Waals surface area (Å²) in [6.07, 6.45) is 9.76. The SMILES string of the molecule is O=C(c1cnc2c(c1)ncn2Cc1cccnc1)N1CCCN(C(=O)C2CC2)CC1. The molecule has 154 valence electrons. The third-order valence-electron chi connectivity index (χ3n) is 5.80. The van der Waals surface area contributed by atoms with Crippen molar-refractivity contribution in [3.05, 3.63) is 54.2 Å². The van der Waals surface area contributed by atoms with Gasteiger partial charge in [0.15, 0.2) is 5.65 Å². The molecule has 0 spiro atoms. The second-order valence-electron chi connectivity index (χ2n) is 8.05. The lowest BCUT2D eigenvalue weighted by atomic mass is 10.2. The highest BCUT2D eigenvalue weighted by atomic mass is 16.2. The number of fused-ring (bicyclic) bond motifs is 1. The zero-order valence-corrected chi connectivity index (χ0v) is 16.8. The van der Waals surface area contributed by atoms with Crippen molar-refractivity contribution in [2.75, 3.05) is 26.2 Å². The normalized spacial score (nSPS) is 17.2. The summed E-state index contributed by atoms with van der Waals surface area (Å²) in [5, 5.41) is 0. The van der Waals surface area contributed by atoms with Crippen LogP contribution in [0.25, 0.3) is 11.2 Å². The van der Waals surface area contributed by atoms with Gasteiger partial charge in [0.2, 0.25) is 5.91 Å². The number of pyridine rings is 2. The van der Waals surface area contributed by atoms with Crippen molar-refractivity contribution in [2.24, 2.45) is 5.92 Å². The minimum atomic E-state index is -0.0491. The van der Waals surface area contributed by atoms with Crippen LogP contribution < -0.4 is 0 Å². The molecule has 0 radical (unpaired) electrons. The standard InChI is InChI=1S/C22H24N6O2/c29-21(17-4-5-17)26-7-2-8-27(10-9-26)22(30)18-11-19-20(24-13-18)28(15-25-19)14-16-3-1-6-23-12-16/h1,3,6,11-13,15,17H,2,4-5,7-10,14H2. The van der Waals surface area contributed by atoms with Crippen molar-refractivity contribution in [3.8, 4) is 0 Å². The van der Waals surface area contributed by atoms with Gasteiger partial charge in [-0.25, -0.2) is 9.97 Å². The highest BCUT2D eigenvalue weighted by molar-refractivity contribution is 5.96. The Kier molecular flexibility index (Phi) is 4.90. The molecule has 5 rings (SSSR count). The van der Waals surface area contributed by atoms with Crippen LogP contribution >= 0.6 is 0 Å². The van der Waals surface area contributed by atoms with Crippen LogP contribution in [0.2, 0.25) is 0 Å². The first-order valence-electron chi connectivity index (χ1n) is 10.5. The summed E-state index contributed by atoms with van der Waals surface area (Å²) < 4.78 is 1.95. The molecule has 3 aromatic heterocycles. The van der Waals surface area contributed by atoms with E-state index in [9.17, 15) is 9.59 Å². The number of aromatic nitrogens is 4. The van der Waals surface area contributed by atoms with Gasteiger partial charge in [-0.1, -0.05) is 6.07 Å². The topological polar surface area (TPSA) is 84.2 Å². The van der Waals surface area contributed by atoms with Crippen LogP contribution in [0.1, 0.15) is 35.2 Å². The van der Waals surface area contributed by atoms with Gasteiger partial charge in [0.05, 0.1) is 18.4 Å². The van der Waals surface area contributed by atoms with Crippen molar-refractivity contribution < 1.29 is 9.59 Å². The minimum absolute atomic E-state index is 0.0491. The molecule has 30 heavy (non-hydrogen) atoms. The molecule has 1 saturated carbocycles. The lowest BCUT2D eigenvalue weighted by Gasteiger charge is -2.22. The van der Waals surface area contributed by atoms with Crippen molar-refractivity contribution in [2.45, 2.75) is 25.8 Å². The molecule has 3 aromatic rings. The van der Waals surface area contributed by atoms with Gasteiger partial charge in [-0.2, -0.15) is 0 Å². The van der Waals surface area contributed by atoms with E-state index >= 15 is 0 Å². The molecular weight excluding hydrogens is 380 g/mol. The van der Waals surface area contributed by atoms with E-state index in [1.54, 1.807) is 18.7 Å². The maximum atomic E-state index is 13.1. The van der Waals surface area contributed by atoms with Crippen LogP contribution in [0, 0.1) is 5.92 Å². The van der Waals surface area contributed by atoms with Crippen molar-refractivity contribution in [1.82, 2.24) is 29.3 Å². The van der Waals surface area contributed by atoms with Gasteiger partial charge in [0, 0.05) is 50.7 Å². The summed E-state index contributed by atoms with van der Waals surface area (Å²) in [6, 6.07) is 5.72. The van der Waals surface area contributed by atoms with E-state index in [1.807, 2.05) is 38.8 Å².